The van der Waals surface area contributed by atoms with E-state index >= 15 is 0 Å². The molecular formula is C36H75NO7P+. The Morgan fingerprint density at radius 1 is 0.600 bits per heavy atom. The highest BCUT2D eigenvalue weighted by molar-refractivity contribution is 7.47. The minimum Gasteiger partial charge on any atom is -0.457 e. The molecule has 0 fully saturated rings. The highest BCUT2D eigenvalue weighted by atomic mass is 31.2. The molecule has 1 N–H and O–H groups in total. The molecule has 45 heavy (non-hydrogen) atoms. The van der Waals surface area contributed by atoms with E-state index in [1.165, 1.54) is 116 Å². The maximum absolute atomic E-state index is 12.6. The first-order valence-electron chi connectivity index (χ1n) is 18.8. The van der Waals surface area contributed by atoms with Crippen molar-refractivity contribution in [2.24, 2.45) is 0 Å². The molecule has 0 aromatic carbocycles. The number of phosphoric acid groups is 1. The molecule has 1 unspecified atom stereocenters. The van der Waals surface area contributed by atoms with Crippen LogP contribution in [-0.2, 0) is 27.9 Å². The largest absolute Gasteiger partial charge is 0.472 e. The summed E-state index contributed by atoms with van der Waals surface area (Å²) in [7, 11) is 1.68. The third-order valence-electron chi connectivity index (χ3n) is 8.17. The van der Waals surface area contributed by atoms with Crippen molar-refractivity contribution in [2.45, 2.75) is 174 Å². The van der Waals surface area contributed by atoms with E-state index in [0.29, 0.717) is 24.1 Å². The minimum atomic E-state index is -4.25. The second-order valence-corrected chi connectivity index (χ2v) is 15.4. The van der Waals surface area contributed by atoms with E-state index in [0.717, 1.165) is 32.1 Å². The summed E-state index contributed by atoms with van der Waals surface area (Å²) in [6, 6.07) is 0. The van der Waals surface area contributed by atoms with Gasteiger partial charge < -0.3 is 18.9 Å². The normalized spacial score (nSPS) is 14.0. The number of ether oxygens (including phenoxy) is 2. The lowest BCUT2D eigenvalue weighted by Crippen LogP contribution is -2.37. The van der Waals surface area contributed by atoms with Crippen LogP contribution in [0.2, 0.25) is 0 Å². The number of hydrogen-bond donors (Lipinski definition) is 1. The zero-order valence-corrected chi connectivity index (χ0v) is 31.3. The van der Waals surface area contributed by atoms with E-state index in [1.54, 1.807) is 0 Å². The summed E-state index contributed by atoms with van der Waals surface area (Å²) in [5, 5.41) is 0. The number of phosphoric ester groups is 1. The van der Waals surface area contributed by atoms with Crippen molar-refractivity contribution in [1.82, 2.24) is 0 Å². The van der Waals surface area contributed by atoms with Crippen LogP contribution in [-0.4, -0.2) is 75.6 Å². The Morgan fingerprint density at radius 2 is 1.02 bits per heavy atom. The number of unbranched alkanes of at least 4 members (excludes halogenated alkanes) is 21. The molecule has 8 nitrogen and oxygen atoms in total. The summed E-state index contributed by atoms with van der Waals surface area (Å²) in [6.45, 7) is 5.64. The molecule has 0 aliphatic rings. The predicted molar refractivity (Wildman–Crippen MR) is 187 cm³/mol. The van der Waals surface area contributed by atoms with Crippen LogP contribution in [0, 0.1) is 0 Å². The molecule has 0 amide bonds. The zero-order chi connectivity index (χ0) is 33.5. The molecule has 2 atom stereocenters. The molecule has 0 aliphatic heterocycles. The molecule has 0 aromatic heterocycles. The molecular weight excluding hydrogens is 589 g/mol. The van der Waals surface area contributed by atoms with Gasteiger partial charge in [0.15, 0.2) is 0 Å². The maximum atomic E-state index is 12.6. The van der Waals surface area contributed by atoms with Crippen LogP contribution in [0.5, 0.6) is 0 Å². The van der Waals surface area contributed by atoms with Crippen LogP contribution in [0.4, 0.5) is 0 Å². The smallest absolute Gasteiger partial charge is 0.457 e. The average Bonchev–Trinajstić information content (AvgIpc) is 2.98. The molecule has 0 spiro atoms. The quantitative estimate of drug-likeness (QED) is 0.0312. The molecule has 270 valence electrons. The van der Waals surface area contributed by atoms with Crippen LogP contribution in [0.3, 0.4) is 0 Å². The minimum absolute atomic E-state index is 0.0933. The fourth-order valence-corrected chi connectivity index (χ4v) is 5.94. The first-order chi connectivity index (χ1) is 21.6. The highest BCUT2D eigenvalue weighted by Crippen LogP contribution is 2.43. The fraction of sp³-hybridized carbons (Fsp3) is 0.972. The fourth-order valence-electron chi connectivity index (χ4n) is 5.20. The summed E-state index contributed by atoms with van der Waals surface area (Å²) >= 11 is 0. The maximum Gasteiger partial charge on any atom is 0.472 e. The number of carbonyl (C=O) groups excluding carboxylic acids is 1. The molecule has 0 bridgehead atoms. The summed E-state index contributed by atoms with van der Waals surface area (Å²) in [4.78, 5) is 22.7. The van der Waals surface area contributed by atoms with Gasteiger partial charge in [-0.15, -0.1) is 0 Å². The molecule has 9 heteroatoms. The van der Waals surface area contributed by atoms with Crippen molar-refractivity contribution in [3.05, 3.63) is 0 Å². The van der Waals surface area contributed by atoms with Gasteiger partial charge in [0.25, 0.3) is 0 Å². The zero-order valence-electron chi connectivity index (χ0n) is 30.4. The van der Waals surface area contributed by atoms with Gasteiger partial charge in [0.2, 0.25) is 0 Å². The van der Waals surface area contributed by atoms with Gasteiger partial charge in [-0.1, -0.05) is 149 Å². The Balaban J connectivity index is 4.29. The van der Waals surface area contributed by atoms with Gasteiger partial charge in [-0.3, -0.25) is 13.8 Å². The number of quaternary nitrogens is 1. The first kappa shape index (κ1) is 44.5. The predicted octanol–water partition coefficient (Wildman–Crippen LogP) is 10.2. The number of nitrogens with zero attached hydrogens (tertiary/aromatic N) is 1. The standard InChI is InChI=1S/C36H74NO7P/c1-6-8-10-12-14-16-18-20-22-24-26-28-31-41-33-35(34-43-45(39,40)42-32-30-37(3,4)5)44-36(38)29-27-25-23-21-19-17-15-13-11-9-7-2/h35H,6-34H2,1-5H3/p+1/t35-/m1/s1. The Morgan fingerprint density at radius 3 is 1.47 bits per heavy atom. The third kappa shape index (κ3) is 34.6. The second-order valence-electron chi connectivity index (χ2n) is 14.0. The number of esters is 1. The Hall–Kier alpha value is -0.500. The van der Waals surface area contributed by atoms with E-state index in [2.05, 4.69) is 13.8 Å². The van der Waals surface area contributed by atoms with E-state index in [9.17, 15) is 14.3 Å². The molecule has 0 saturated carbocycles. The van der Waals surface area contributed by atoms with Crippen LogP contribution in [0.25, 0.3) is 0 Å². The van der Waals surface area contributed by atoms with Crippen LogP contribution >= 0.6 is 7.82 Å². The van der Waals surface area contributed by atoms with Gasteiger partial charge in [-0.25, -0.2) is 4.57 Å². The number of hydrogen-bond acceptors (Lipinski definition) is 6. The molecule has 0 rings (SSSR count). The Bertz CT molecular complexity index is 701. The van der Waals surface area contributed by atoms with Gasteiger partial charge in [-0.05, 0) is 12.8 Å². The van der Waals surface area contributed by atoms with Crippen molar-refractivity contribution in [2.75, 3.05) is 54.1 Å². The van der Waals surface area contributed by atoms with Crippen LogP contribution < -0.4 is 0 Å². The van der Waals surface area contributed by atoms with Gasteiger partial charge in [0.05, 0.1) is 34.4 Å². The van der Waals surface area contributed by atoms with Gasteiger partial charge in [0, 0.05) is 13.0 Å². The highest BCUT2D eigenvalue weighted by Gasteiger charge is 2.26. The Labute approximate surface area is 278 Å². The lowest BCUT2D eigenvalue weighted by atomic mass is 10.1. The summed E-state index contributed by atoms with van der Waals surface area (Å²) < 4.78 is 34.8. The molecule has 0 aromatic rings. The molecule has 0 aliphatic carbocycles. The molecule has 0 saturated heterocycles. The van der Waals surface area contributed by atoms with Crippen molar-refractivity contribution < 1.29 is 37.3 Å². The van der Waals surface area contributed by atoms with Gasteiger partial charge >= 0.3 is 13.8 Å². The van der Waals surface area contributed by atoms with Crippen molar-refractivity contribution >= 4 is 13.8 Å². The third-order valence-corrected chi connectivity index (χ3v) is 9.15. The van der Waals surface area contributed by atoms with Crippen molar-refractivity contribution in [3.8, 4) is 0 Å². The lowest BCUT2D eigenvalue weighted by Gasteiger charge is -2.24. The SMILES string of the molecule is CCCCCCCCCCCCCCOC[C@H](COP(=O)(O)OCC[N+](C)(C)C)OC(=O)CCCCCCCCCCCCC. The molecule has 0 radical (unpaired) electrons. The van der Waals surface area contributed by atoms with Gasteiger partial charge in [-0.2, -0.15) is 0 Å². The summed E-state index contributed by atoms with van der Waals surface area (Å²) in [5.74, 6) is -0.313. The first-order valence-corrected chi connectivity index (χ1v) is 20.3. The van der Waals surface area contributed by atoms with Crippen LogP contribution in [0.15, 0.2) is 0 Å². The summed E-state index contributed by atoms with van der Waals surface area (Å²) in [5.41, 5.74) is 0. The summed E-state index contributed by atoms with van der Waals surface area (Å²) in [6.07, 6.45) is 28.3. The number of carbonyl (C=O) groups is 1. The van der Waals surface area contributed by atoms with Crippen molar-refractivity contribution in [3.63, 3.8) is 0 Å². The Kier molecular flexibility index (Phi) is 30.5. The van der Waals surface area contributed by atoms with E-state index in [-0.39, 0.29) is 25.8 Å². The topological polar surface area (TPSA) is 91.3 Å². The monoisotopic (exact) mass is 665 g/mol. The van der Waals surface area contributed by atoms with E-state index in [1.807, 2.05) is 21.1 Å². The number of rotatable bonds is 35. The van der Waals surface area contributed by atoms with E-state index < -0.39 is 13.9 Å². The number of likely N-dealkylation sites (N-methyl/N-ethyl adjacent to an activating group) is 1. The second kappa shape index (κ2) is 30.8. The van der Waals surface area contributed by atoms with Crippen molar-refractivity contribution in [1.29, 1.82) is 0 Å². The lowest BCUT2D eigenvalue weighted by molar-refractivity contribution is -0.870. The molecule has 0 heterocycles. The van der Waals surface area contributed by atoms with Gasteiger partial charge in [0.1, 0.15) is 19.3 Å². The van der Waals surface area contributed by atoms with E-state index in [4.69, 9.17) is 18.5 Å². The average molecular weight is 665 g/mol. The van der Waals surface area contributed by atoms with Crippen LogP contribution in [0.1, 0.15) is 168 Å².